The molecule has 2 N–H and O–H groups in total. The van der Waals surface area contributed by atoms with E-state index in [-0.39, 0.29) is 30.9 Å². The molecule has 2 aromatic carbocycles. The zero-order valence-corrected chi connectivity index (χ0v) is 19.8. The third-order valence-electron chi connectivity index (χ3n) is 7.02. The maximum Gasteiger partial charge on any atom is 0.416 e. The fourth-order valence-electron chi connectivity index (χ4n) is 5.04. The van der Waals surface area contributed by atoms with Gasteiger partial charge < -0.3 is 19.8 Å². The van der Waals surface area contributed by atoms with Crippen LogP contribution in [-0.4, -0.2) is 45.2 Å². The van der Waals surface area contributed by atoms with Crippen LogP contribution >= 0.6 is 0 Å². The molecule has 1 aliphatic heterocycles. The van der Waals surface area contributed by atoms with Gasteiger partial charge in [-0.1, -0.05) is 36.4 Å². The van der Waals surface area contributed by atoms with Gasteiger partial charge in [-0.2, -0.15) is 13.2 Å². The molecule has 1 fully saturated rings. The van der Waals surface area contributed by atoms with Gasteiger partial charge in [-0.25, -0.2) is 4.79 Å². The number of rotatable bonds is 5. The van der Waals surface area contributed by atoms with E-state index in [1.54, 1.807) is 36.1 Å². The summed E-state index contributed by atoms with van der Waals surface area (Å²) in [6, 6.07) is 12.0. The van der Waals surface area contributed by atoms with Gasteiger partial charge in [0.2, 0.25) is 0 Å². The molecule has 4 rings (SSSR count). The molecule has 2 aromatic rings. The number of alkyl halides is 3. The Morgan fingerprint density at radius 2 is 1.61 bits per heavy atom. The summed E-state index contributed by atoms with van der Waals surface area (Å²) in [5, 5.41) is 20.7. The van der Waals surface area contributed by atoms with Crippen molar-refractivity contribution in [2.75, 3.05) is 6.61 Å². The molecule has 0 saturated heterocycles. The van der Waals surface area contributed by atoms with Crippen LogP contribution < -0.4 is 0 Å². The van der Waals surface area contributed by atoms with Crippen molar-refractivity contribution in [3.05, 3.63) is 71.0 Å². The number of aliphatic hydroxyl groups is 2. The van der Waals surface area contributed by atoms with Gasteiger partial charge in [0.25, 0.3) is 5.91 Å². The van der Waals surface area contributed by atoms with Crippen LogP contribution in [0.2, 0.25) is 0 Å². The smallest absolute Gasteiger partial charge is 0.416 e. The molecule has 0 unspecified atom stereocenters. The van der Waals surface area contributed by atoms with Crippen molar-refractivity contribution in [3.63, 3.8) is 0 Å². The SMILES string of the molecule is CCOC(=O)C1=C(O)CC2(CCC(O)CC2)N(Cc2ccc(-c3ccc(C(F)(F)F)cc3)cc2)C1=O. The lowest BCUT2D eigenvalue weighted by Crippen LogP contribution is -2.57. The van der Waals surface area contributed by atoms with Gasteiger partial charge in [0, 0.05) is 13.0 Å². The molecule has 0 bridgehead atoms. The lowest BCUT2D eigenvalue weighted by molar-refractivity contribution is -0.148. The minimum Gasteiger partial charge on any atom is -0.511 e. The molecule has 1 heterocycles. The summed E-state index contributed by atoms with van der Waals surface area (Å²) >= 11 is 0. The van der Waals surface area contributed by atoms with Crippen LogP contribution in [0.15, 0.2) is 59.9 Å². The molecule has 0 radical (unpaired) electrons. The highest BCUT2D eigenvalue weighted by Gasteiger charge is 2.49. The van der Waals surface area contributed by atoms with Crippen LogP contribution in [0.25, 0.3) is 11.1 Å². The second-order valence-corrected chi connectivity index (χ2v) is 9.34. The highest BCUT2D eigenvalue weighted by molar-refractivity contribution is 6.17. The molecule has 2 aliphatic rings. The van der Waals surface area contributed by atoms with Crippen LogP contribution in [0, 0.1) is 0 Å². The summed E-state index contributed by atoms with van der Waals surface area (Å²) in [7, 11) is 0. The first-order chi connectivity index (χ1) is 17.0. The number of hydrogen-bond donors (Lipinski definition) is 2. The lowest BCUT2D eigenvalue weighted by Gasteiger charge is -2.49. The average Bonchev–Trinajstić information content (AvgIpc) is 2.84. The van der Waals surface area contributed by atoms with Crippen molar-refractivity contribution >= 4 is 11.9 Å². The molecule has 0 aromatic heterocycles. The Kier molecular flexibility index (Phi) is 7.13. The van der Waals surface area contributed by atoms with E-state index >= 15 is 0 Å². The Bertz CT molecular complexity index is 1150. The summed E-state index contributed by atoms with van der Waals surface area (Å²) in [6.07, 6.45) is -2.89. The predicted octanol–water partition coefficient (Wildman–Crippen LogP) is 5.15. The Morgan fingerprint density at radius 1 is 1.06 bits per heavy atom. The van der Waals surface area contributed by atoms with E-state index in [4.69, 9.17) is 4.74 Å². The molecule has 1 spiro atoms. The van der Waals surface area contributed by atoms with Crippen LogP contribution in [0.5, 0.6) is 0 Å². The zero-order valence-electron chi connectivity index (χ0n) is 19.8. The standard InChI is InChI=1S/C27H28F3NO5/c1-2-36-25(35)23-22(33)15-26(13-11-21(32)12-14-26)31(24(23)34)16-17-3-5-18(6-4-17)19-7-9-20(10-8-19)27(28,29)30/h3-10,21,32-33H,2,11-16H2,1H3. The number of aliphatic hydroxyl groups excluding tert-OH is 2. The van der Waals surface area contributed by atoms with E-state index in [1.807, 2.05) is 0 Å². The van der Waals surface area contributed by atoms with Crippen molar-refractivity contribution in [2.24, 2.45) is 0 Å². The second-order valence-electron chi connectivity index (χ2n) is 9.34. The van der Waals surface area contributed by atoms with Gasteiger partial charge in [0.05, 0.1) is 23.8 Å². The Morgan fingerprint density at radius 3 is 2.14 bits per heavy atom. The van der Waals surface area contributed by atoms with Crippen LogP contribution in [0.1, 0.15) is 50.2 Å². The number of esters is 1. The van der Waals surface area contributed by atoms with Gasteiger partial charge in [-0.3, -0.25) is 4.79 Å². The maximum absolute atomic E-state index is 13.5. The van der Waals surface area contributed by atoms with E-state index in [9.17, 15) is 33.0 Å². The number of benzene rings is 2. The molecule has 36 heavy (non-hydrogen) atoms. The number of carbonyl (C=O) groups is 2. The van der Waals surface area contributed by atoms with Gasteiger partial charge >= 0.3 is 12.1 Å². The first kappa shape index (κ1) is 25.8. The summed E-state index contributed by atoms with van der Waals surface area (Å²) < 4.78 is 43.6. The Labute approximate surface area is 207 Å². The monoisotopic (exact) mass is 503 g/mol. The molecule has 1 saturated carbocycles. The number of halogens is 3. The first-order valence-electron chi connectivity index (χ1n) is 11.9. The van der Waals surface area contributed by atoms with Crippen molar-refractivity contribution in [3.8, 4) is 11.1 Å². The third kappa shape index (κ3) is 5.11. The largest absolute Gasteiger partial charge is 0.511 e. The fourth-order valence-corrected chi connectivity index (χ4v) is 5.04. The highest BCUT2D eigenvalue weighted by Crippen LogP contribution is 2.43. The quantitative estimate of drug-likeness (QED) is 0.435. The topological polar surface area (TPSA) is 87.1 Å². The summed E-state index contributed by atoms with van der Waals surface area (Å²) in [5.74, 6) is -1.77. The van der Waals surface area contributed by atoms with E-state index in [0.717, 1.165) is 23.3 Å². The average molecular weight is 504 g/mol. The van der Waals surface area contributed by atoms with Crippen LogP contribution in [-0.2, 0) is 27.0 Å². The molecule has 1 aliphatic carbocycles. The van der Waals surface area contributed by atoms with Crippen LogP contribution in [0.4, 0.5) is 13.2 Å². The lowest BCUT2D eigenvalue weighted by atomic mass is 9.73. The van der Waals surface area contributed by atoms with Crippen molar-refractivity contribution in [1.29, 1.82) is 0 Å². The van der Waals surface area contributed by atoms with Crippen molar-refractivity contribution in [1.82, 2.24) is 4.90 Å². The minimum absolute atomic E-state index is 0.0612. The van der Waals surface area contributed by atoms with E-state index in [2.05, 4.69) is 0 Å². The van der Waals surface area contributed by atoms with Gasteiger partial charge in [0.1, 0.15) is 5.76 Å². The Balaban J connectivity index is 1.60. The Hall–Kier alpha value is -3.33. The number of hydrogen-bond acceptors (Lipinski definition) is 5. The van der Waals surface area contributed by atoms with Crippen molar-refractivity contribution in [2.45, 2.75) is 63.4 Å². The van der Waals surface area contributed by atoms with Gasteiger partial charge in [-0.15, -0.1) is 0 Å². The number of nitrogens with zero attached hydrogens (tertiary/aromatic N) is 1. The van der Waals surface area contributed by atoms with Gasteiger partial charge in [0.15, 0.2) is 5.57 Å². The molecular weight excluding hydrogens is 475 g/mol. The fraction of sp³-hybridized carbons (Fsp3) is 0.407. The third-order valence-corrected chi connectivity index (χ3v) is 7.02. The molecule has 0 atom stereocenters. The minimum atomic E-state index is -4.40. The number of amides is 1. The normalized spacial score (nSPS) is 22.8. The molecular formula is C27H28F3NO5. The zero-order chi connectivity index (χ0) is 26.1. The van der Waals surface area contributed by atoms with E-state index in [1.165, 1.54) is 12.1 Å². The summed E-state index contributed by atoms with van der Waals surface area (Å²) in [5.41, 5.74) is 0.284. The van der Waals surface area contributed by atoms with Crippen molar-refractivity contribution < 1.29 is 37.7 Å². The first-order valence-corrected chi connectivity index (χ1v) is 11.9. The van der Waals surface area contributed by atoms with Crippen LogP contribution in [0.3, 0.4) is 0 Å². The second kappa shape index (κ2) is 9.97. The summed E-state index contributed by atoms with van der Waals surface area (Å²) in [4.78, 5) is 27.5. The summed E-state index contributed by atoms with van der Waals surface area (Å²) in [6.45, 7) is 1.84. The molecule has 1 amide bonds. The number of carbonyl (C=O) groups excluding carboxylic acids is 2. The van der Waals surface area contributed by atoms with E-state index in [0.29, 0.717) is 31.2 Å². The van der Waals surface area contributed by atoms with Gasteiger partial charge in [-0.05, 0) is 61.4 Å². The maximum atomic E-state index is 13.5. The number of ether oxygens (including phenoxy) is 1. The predicted molar refractivity (Wildman–Crippen MR) is 126 cm³/mol. The van der Waals surface area contributed by atoms with E-state index < -0.39 is 35.3 Å². The molecule has 192 valence electrons. The molecule has 9 heteroatoms. The molecule has 6 nitrogen and oxygen atoms in total. The highest BCUT2D eigenvalue weighted by atomic mass is 19.4.